The number of nitrogens with two attached hydrogens (primary N) is 2. The Labute approximate surface area is 67.7 Å². The molecule has 0 fully saturated rings. The first-order chi connectivity index (χ1) is 3.77. The summed E-state index contributed by atoms with van der Waals surface area (Å²) in [6, 6.07) is 0. The SMILES string of the molecule is CN(C)CCCl.Cl.NN. The van der Waals surface area contributed by atoms with E-state index in [0.29, 0.717) is 0 Å². The van der Waals surface area contributed by atoms with E-state index in [1.54, 1.807) is 0 Å². The molecule has 0 amide bonds. The Balaban J connectivity index is -0.000000109. The molecule has 0 radical (unpaired) electrons. The number of rotatable bonds is 2. The van der Waals surface area contributed by atoms with Gasteiger partial charge in [0, 0.05) is 12.4 Å². The summed E-state index contributed by atoms with van der Waals surface area (Å²) >= 11 is 5.35. The third kappa shape index (κ3) is 29.5. The average Bonchev–Trinajstić information content (AvgIpc) is 1.72. The Bertz CT molecular complexity index is 35.0. The van der Waals surface area contributed by atoms with Crippen molar-refractivity contribution in [2.24, 2.45) is 11.7 Å². The minimum Gasteiger partial charge on any atom is -0.308 e. The Morgan fingerprint density at radius 1 is 1.33 bits per heavy atom. The van der Waals surface area contributed by atoms with Gasteiger partial charge in [0.25, 0.3) is 0 Å². The molecule has 0 heterocycles. The van der Waals surface area contributed by atoms with Crippen molar-refractivity contribution in [3.05, 3.63) is 0 Å². The molecule has 0 rings (SSSR count). The van der Waals surface area contributed by atoms with Crippen LogP contribution in [0.1, 0.15) is 0 Å². The summed E-state index contributed by atoms with van der Waals surface area (Å²) in [6.45, 7) is 0.974. The highest BCUT2D eigenvalue weighted by Crippen LogP contribution is 1.75. The fourth-order valence-corrected chi connectivity index (χ4v) is 0.507. The van der Waals surface area contributed by atoms with Crippen molar-refractivity contribution >= 4 is 24.0 Å². The molecule has 0 atom stereocenters. The van der Waals surface area contributed by atoms with Gasteiger partial charge in [-0.3, -0.25) is 11.7 Å². The monoisotopic (exact) mass is 175 g/mol. The maximum Gasteiger partial charge on any atom is 0.0350 e. The van der Waals surface area contributed by atoms with Crippen molar-refractivity contribution in [1.82, 2.24) is 4.90 Å². The molecule has 0 spiro atoms. The Morgan fingerprint density at radius 2 is 1.67 bits per heavy atom. The second-order valence-corrected chi connectivity index (χ2v) is 1.87. The second kappa shape index (κ2) is 15.8. The Hall–Kier alpha value is 0.460. The molecular formula is C4H15Cl2N3. The number of hydrogen-bond acceptors (Lipinski definition) is 3. The maximum absolute atomic E-state index is 5.35. The summed E-state index contributed by atoms with van der Waals surface area (Å²) in [4.78, 5) is 2.05. The Morgan fingerprint density at radius 3 is 1.67 bits per heavy atom. The molecule has 3 nitrogen and oxygen atoms in total. The highest BCUT2D eigenvalue weighted by atomic mass is 35.5. The highest BCUT2D eigenvalue weighted by molar-refractivity contribution is 6.18. The van der Waals surface area contributed by atoms with Crippen LogP contribution in [0, 0.1) is 0 Å². The van der Waals surface area contributed by atoms with Gasteiger partial charge in [-0.05, 0) is 14.1 Å². The average molecular weight is 176 g/mol. The van der Waals surface area contributed by atoms with Gasteiger partial charge in [0.1, 0.15) is 0 Å². The zero-order valence-electron chi connectivity index (χ0n) is 5.80. The summed E-state index contributed by atoms with van der Waals surface area (Å²) in [5.41, 5.74) is 0. The molecule has 9 heavy (non-hydrogen) atoms. The second-order valence-electron chi connectivity index (χ2n) is 1.49. The number of nitrogens with zero attached hydrogens (tertiary/aromatic N) is 1. The first kappa shape index (κ1) is 16.2. The minimum absolute atomic E-state index is 0. The Kier molecular flexibility index (Phi) is 28.5. The van der Waals surface area contributed by atoms with Crippen molar-refractivity contribution in [1.29, 1.82) is 0 Å². The lowest BCUT2D eigenvalue weighted by Gasteiger charge is -2.02. The molecule has 0 unspecified atom stereocenters. The fourth-order valence-electron chi connectivity index (χ4n) is 0.169. The van der Waals surface area contributed by atoms with Gasteiger partial charge in [-0.1, -0.05) is 0 Å². The lowest BCUT2D eigenvalue weighted by molar-refractivity contribution is 0.436. The van der Waals surface area contributed by atoms with Crippen molar-refractivity contribution < 1.29 is 0 Å². The van der Waals surface area contributed by atoms with Gasteiger partial charge in [0.05, 0.1) is 0 Å². The smallest absolute Gasteiger partial charge is 0.0350 e. The normalized spacial score (nSPS) is 7.33. The third-order valence-electron chi connectivity index (χ3n) is 0.532. The van der Waals surface area contributed by atoms with Crippen LogP contribution in [-0.4, -0.2) is 31.4 Å². The van der Waals surface area contributed by atoms with E-state index >= 15 is 0 Å². The standard InChI is InChI=1S/C4H10ClN.ClH.H4N2/c1-6(2)4-3-5;;1-2/h3-4H2,1-2H3;1H;1-2H2. The van der Waals surface area contributed by atoms with Crippen molar-refractivity contribution in [3.8, 4) is 0 Å². The molecule has 0 aromatic heterocycles. The highest BCUT2D eigenvalue weighted by Gasteiger charge is 1.81. The van der Waals surface area contributed by atoms with Crippen LogP contribution in [0.15, 0.2) is 0 Å². The molecule has 0 aromatic carbocycles. The zero-order chi connectivity index (χ0) is 6.99. The fraction of sp³-hybridized carbons (Fsp3) is 1.00. The van der Waals surface area contributed by atoms with Gasteiger partial charge in [0.2, 0.25) is 0 Å². The van der Waals surface area contributed by atoms with Gasteiger partial charge in [0.15, 0.2) is 0 Å². The summed E-state index contributed by atoms with van der Waals surface area (Å²) in [5.74, 6) is 8.73. The topological polar surface area (TPSA) is 55.3 Å². The van der Waals surface area contributed by atoms with Crippen LogP contribution in [0.4, 0.5) is 0 Å². The number of halogens is 2. The van der Waals surface area contributed by atoms with Gasteiger partial charge < -0.3 is 4.90 Å². The van der Waals surface area contributed by atoms with Gasteiger partial charge >= 0.3 is 0 Å². The number of hydrogen-bond donors (Lipinski definition) is 2. The quantitative estimate of drug-likeness (QED) is 0.354. The summed E-state index contributed by atoms with van der Waals surface area (Å²) in [6.07, 6.45) is 0. The summed E-state index contributed by atoms with van der Waals surface area (Å²) in [7, 11) is 4.00. The first-order valence-electron chi connectivity index (χ1n) is 2.31. The van der Waals surface area contributed by atoms with Crippen LogP contribution in [0.2, 0.25) is 0 Å². The van der Waals surface area contributed by atoms with Crippen molar-refractivity contribution in [2.45, 2.75) is 0 Å². The van der Waals surface area contributed by atoms with E-state index in [9.17, 15) is 0 Å². The van der Waals surface area contributed by atoms with E-state index in [2.05, 4.69) is 11.7 Å². The molecule has 60 valence electrons. The molecule has 0 aliphatic carbocycles. The van der Waals surface area contributed by atoms with E-state index in [1.807, 2.05) is 19.0 Å². The van der Waals surface area contributed by atoms with Crippen LogP contribution in [0.3, 0.4) is 0 Å². The van der Waals surface area contributed by atoms with E-state index in [4.69, 9.17) is 11.6 Å². The van der Waals surface area contributed by atoms with Gasteiger partial charge in [-0.25, -0.2) is 0 Å². The maximum atomic E-state index is 5.35. The molecule has 4 N–H and O–H groups in total. The first-order valence-corrected chi connectivity index (χ1v) is 2.85. The van der Waals surface area contributed by atoms with E-state index < -0.39 is 0 Å². The molecule has 0 saturated carbocycles. The van der Waals surface area contributed by atoms with Gasteiger partial charge in [-0.2, -0.15) is 0 Å². The number of alkyl halides is 1. The van der Waals surface area contributed by atoms with Gasteiger partial charge in [-0.15, -0.1) is 24.0 Å². The van der Waals surface area contributed by atoms with E-state index in [-0.39, 0.29) is 12.4 Å². The molecule has 0 aliphatic rings. The lowest BCUT2D eigenvalue weighted by atomic mass is 10.7. The molecule has 0 aliphatic heterocycles. The van der Waals surface area contributed by atoms with Crippen LogP contribution in [-0.2, 0) is 0 Å². The largest absolute Gasteiger partial charge is 0.308 e. The van der Waals surface area contributed by atoms with E-state index in [1.165, 1.54) is 0 Å². The third-order valence-corrected chi connectivity index (χ3v) is 0.701. The molecule has 0 aromatic rings. The molecule has 0 saturated heterocycles. The number of hydrazine groups is 1. The molecule has 0 bridgehead atoms. The minimum atomic E-state index is 0. The predicted octanol–water partition coefficient (Wildman–Crippen LogP) is 0.0274. The van der Waals surface area contributed by atoms with Crippen molar-refractivity contribution in [2.75, 3.05) is 26.5 Å². The van der Waals surface area contributed by atoms with E-state index in [0.717, 1.165) is 12.4 Å². The van der Waals surface area contributed by atoms with Crippen LogP contribution < -0.4 is 11.7 Å². The van der Waals surface area contributed by atoms with Crippen LogP contribution in [0.5, 0.6) is 0 Å². The summed E-state index contributed by atoms with van der Waals surface area (Å²) in [5, 5.41) is 0. The van der Waals surface area contributed by atoms with Crippen LogP contribution >= 0.6 is 24.0 Å². The predicted molar refractivity (Wildman–Crippen MR) is 44.9 cm³/mol. The summed E-state index contributed by atoms with van der Waals surface area (Å²) < 4.78 is 0. The van der Waals surface area contributed by atoms with Crippen LogP contribution in [0.25, 0.3) is 0 Å². The lowest BCUT2D eigenvalue weighted by Crippen LogP contribution is -2.13. The molecule has 5 heteroatoms. The molecular weight excluding hydrogens is 161 g/mol. The zero-order valence-corrected chi connectivity index (χ0v) is 7.37. The van der Waals surface area contributed by atoms with Crippen molar-refractivity contribution in [3.63, 3.8) is 0 Å².